The highest BCUT2D eigenvalue weighted by molar-refractivity contribution is 7.18. The third-order valence-electron chi connectivity index (χ3n) is 4.96. The maximum atomic E-state index is 12.9. The van der Waals surface area contributed by atoms with E-state index in [4.69, 9.17) is 9.40 Å². The predicted octanol–water partition coefficient (Wildman–Crippen LogP) is 4.70. The van der Waals surface area contributed by atoms with Crippen LogP contribution in [0.15, 0.2) is 45.5 Å². The van der Waals surface area contributed by atoms with Crippen LogP contribution in [0, 0.1) is 0 Å². The Hall–Kier alpha value is -2.58. The van der Waals surface area contributed by atoms with Gasteiger partial charge in [-0.3, -0.25) is 4.79 Å². The van der Waals surface area contributed by atoms with Crippen molar-refractivity contribution in [3.05, 3.63) is 52.0 Å². The fourth-order valence-corrected chi connectivity index (χ4v) is 5.31. The maximum Gasteiger partial charge on any atom is 0.248 e. The summed E-state index contributed by atoms with van der Waals surface area (Å²) >= 11 is 3.27. The smallest absolute Gasteiger partial charge is 0.248 e. The van der Waals surface area contributed by atoms with E-state index in [9.17, 15) is 4.79 Å². The first-order chi connectivity index (χ1) is 13.8. The number of aryl methyl sites for hydroxylation is 1. The standard InChI is InChI=1S/C20H18N4O2S2/c25-18(8-7-17-22-23-19(26-17)13-9-11-27-12-13)24-10-3-5-15(24)20-21-14-4-1-2-6-16(14)28-20/h1-2,4,6,9,11-12,15H,3,5,7-8,10H2/t15-/m0/s1. The van der Waals surface area contributed by atoms with Crippen molar-refractivity contribution in [1.29, 1.82) is 0 Å². The van der Waals surface area contributed by atoms with Gasteiger partial charge in [-0.25, -0.2) is 4.98 Å². The number of hydrogen-bond acceptors (Lipinski definition) is 7. The van der Waals surface area contributed by atoms with Crippen LogP contribution in [0.3, 0.4) is 0 Å². The third kappa shape index (κ3) is 3.33. The van der Waals surface area contributed by atoms with E-state index < -0.39 is 0 Å². The first-order valence-corrected chi connectivity index (χ1v) is 11.0. The molecule has 142 valence electrons. The molecule has 0 saturated carbocycles. The highest BCUT2D eigenvalue weighted by Gasteiger charge is 2.32. The molecule has 6 nitrogen and oxygen atoms in total. The highest BCUT2D eigenvalue weighted by atomic mass is 32.1. The summed E-state index contributed by atoms with van der Waals surface area (Å²) in [5, 5.41) is 13.1. The molecule has 0 aliphatic carbocycles. The van der Waals surface area contributed by atoms with Crippen LogP contribution in [-0.4, -0.2) is 32.5 Å². The minimum Gasteiger partial charge on any atom is -0.421 e. The summed E-state index contributed by atoms with van der Waals surface area (Å²) in [7, 11) is 0. The van der Waals surface area contributed by atoms with E-state index in [1.807, 2.05) is 39.9 Å². The van der Waals surface area contributed by atoms with Crippen LogP contribution in [0.1, 0.15) is 36.2 Å². The van der Waals surface area contributed by atoms with Gasteiger partial charge in [-0.05, 0) is 36.4 Å². The Morgan fingerprint density at radius 1 is 1.25 bits per heavy atom. The molecule has 1 aliphatic rings. The molecule has 0 spiro atoms. The Balaban J connectivity index is 1.27. The Morgan fingerprint density at radius 2 is 2.18 bits per heavy atom. The van der Waals surface area contributed by atoms with Crippen molar-refractivity contribution in [2.45, 2.75) is 31.7 Å². The topological polar surface area (TPSA) is 72.1 Å². The van der Waals surface area contributed by atoms with E-state index in [0.717, 1.165) is 35.5 Å². The van der Waals surface area contributed by atoms with Gasteiger partial charge in [0.2, 0.25) is 17.7 Å². The van der Waals surface area contributed by atoms with Gasteiger partial charge in [-0.2, -0.15) is 11.3 Å². The number of rotatable bonds is 5. The van der Waals surface area contributed by atoms with Gasteiger partial charge in [0.25, 0.3) is 0 Å². The average Bonchev–Trinajstić information content (AvgIpc) is 3.50. The molecule has 0 N–H and O–H groups in total. The number of benzene rings is 1. The summed E-state index contributed by atoms with van der Waals surface area (Å²) in [4.78, 5) is 19.6. The molecule has 5 rings (SSSR count). The van der Waals surface area contributed by atoms with Crippen molar-refractivity contribution in [1.82, 2.24) is 20.1 Å². The van der Waals surface area contributed by atoms with Crippen molar-refractivity contribution in [3.63, 3.8) is 0 Å². The number of thiazole rings is 1. The number of carbonyl (C=O) groups excluding carboxylic acids is 1. The molecule has 0 radical (unpaired) electrons. The molecular formula is C20H18N4O2S2. The van der Waals surface area contributed by atoms with Crippen LogP contribution in [-0.2, 0) is 11.2 Å². The van der Waals surface area contributed by atoms with Crippen LogP contribution in [0.5, 0.6) is 0 Å². The monoisotopic (exact) mass is 410 g/mol. The Morgan fingerprint density at radius 3 is 3.04 bits per heavy atom. The normalized spacial score (nSPS) is 16.9. The quantitative estimate of drug-likeness (QED) is 0.477. The van der Waals surface area contributed by atoms with E-state index in [1.165, 1.54) is 4.70 Å². The second-order valence-electron chi connectivity index (χ2n) is 6.78. The number of aromatic nitrogens is 3. The van der Waals surface area contributed by atoms with Gasteiger partial charge in [-0.15, -0.1) is 21.5 Å². The minimum atomic E-state index is 0.0777. The van der Waals surface area contributed by atoms with Crippen molar-refractivity contribution >= 4 is 38.8 Å². The fraction of sp³-hybridized carbons (Fsp3) is 0.300. The molecule has 1 saturated heterocycles. The Bertz CT molecular complexity index is 1070. The van der Waals surface area contributed by atoms with E-state index >= 15 is 0 Å². The minimum absolute atomic E-state index is 0.0777. The van der Waals surface area contributed by atoms with Crippen LogP contribution in [0.4, 0.5) is 0 Å². The van der Waals surface area contributed by atoms with Crippen molar-refractivity contribution < 1.29 is 9.21 Å². The molecule has 0 unspecified atom stereocenters. The summed E-state index contributed by atoms with van der Waals surface area (Å²) in [5.74, 6) is 1.14. The summed E-state index contributed by atoms with van der Waals surface area (Å²) in [6.07, 6.45) is 2.80. The molecular weight excluding hydrogens is 392 g/mol. The number of amides is 1. The second-order valence-corrected chi connectivity index (χ2v) is 8.62. The molecule has 4 heterocycles. The van der Waals surface area contributed by atoms with Gasteiger partial charge in [0.15, 0.2) is 0 Å². The number of thiophene rings is 1. The van der Waals surface area contributed by atoms with E-state index in [1.54, 1.807) is 22.7 Å². The molecule has 3 aromatic heterocycles. The summed E-state index contributed by atoms with van der Waals surface area (Å²) in [5.41, 5.74) is 1.93. The molecule has 1 aliphatic heterocycles. The van der Waals surface area contributed by atoms with E-state index in [0.29, 0.717) is 24.6 Å². The van der Waals surface area contributed by atoms with Crippen LogP contribution >= 0.6 is 22.7 Å². The SMILES string of the molecule is O=C(CCc1nnc(-c2ccsc2)o1)N1CCC[C@H]1c1nc2ccccc2s1. The largest absolute Gasteiger partial charge is 0.421 e. The molecule has 1 amide bonds. The lowest BCUT2D eigenvalue weighted by molar-refractivity contribution is -0.132. The van der Waals surface area contributed by atoms with Crippen LogP contribution < -0.4 is 0 Å². The predicted molar refractivity (Wildman–Crippen MR) is 109 cm³/mol. The van der Waals surface area contributed by atoms with Crippen LogP contribution in [0.2, 0.25) is 0 Å². The van der Waals surface area contributed by atoms with Gasteiger partial charge < -0.3 is 9.32 Å². The molecule has 1 atom stereocenters. The zero-order chi connectivity index (χ0) is 18.9. The zero-order valence-electron chi connectivity index (χ0n) is 15.1. The number of carbonyl (C=O) groups is 1. The molecule has 28 heavy (non-hydrogen) atoms. The highest BCUT2D eigenvalue weighted by Crippen LogP contribution is 2.36. The fourth-order valence-electron chi connectivity index (χ4n) is 3.57. The van der Waals surface area contributed by atoms with Gasteiger partial charge >= 0.3 is 0 Å². The number of nitrogens with zero attached hydrogens (tertiary/aromatic N) is 4. The second kappa shape index (κ2) is 7.44. The van der Waals surface area contributed by atoms with Gasteiger partial charge in [0.1, 0.15) is 5.01 Å². The molecule has 1 fully saturated rings. The van der Waals surface area contributed by atoms with Crippen molar-refractivity contribution in [3.8, 4) is 11.5 Å². The Kier molecular flexibility index (Phi) is 4.66. The Labute approximate surface area is 169 Å². The number of likely N-dealkylation sites (tertiary alicyclic amines) is 1. The average molecular weight is 411 g/mol. The summed E-state index contributed by atoms with van der Waals surface area (Å²) in [6, 6.07) is 10.2. The zero-order valence-corrected chi connectivity index (χ0v) is 16.7. The van der Waals surface area contributed by atoms with Gasteiger partial charge in [0.05, 0.1) is 16.3 Å². The van der Waals surface area contributed by atoms with Gasteiger partial charge in [0, 0.05) is 30.3 Å². The van der Waals surface area contributed by atoms with E-state index in [2.05, 4.69) is 16.3 Å². The number of fused-ring (bicyclic) bond motifs is 1. The number of para-hydroxylation sites is 1. The first-order valence-electron chi connectivity index (χ1n) is 9.28. The first kappa shape index (κ1) is 17.5. The third-order valence-corrected chi connectivity index (χ3v) is 6.78. The molecule has 8 heteroatoms. The molecule has 0 bridgehead atoms. The summed E-state index contributed by atoms with van der Waals surface area (Å²) < 4.78 is 6.87. The lowest BCUT2D eigenvalue weighted by Crippen LogP contribution is -2.30. The van der Waals surface area contributed by atoms with E-state index in [-0.39, 0.29) is 11.9 Å². The molecule has 4 aromatic rings. The van der Waals surface area contributed by atoms with Crippen molar-refractivity contribution in [2.75, 3.05) is 6.54 Å². The molecule has 1 aromatic carbocycles. The maximum absolute atomic E-state index is 12.9. The van der Waals surface area contributed by atoms with Gasteiger partial charge in [-0.1, -0.05) is 12.1 Å². The van der Waals surface area contributed by atoms with Crippen LogP contribution in [0.25, 0.3) is 21.7 Å². The lowest BCUT2D eigenvalue weighted by Gasteiger charge is -2.22. The lowest BCUT2D eigenvalue weighted by atomic mass is 10.2. The van der Waals surface area contributed by atoms with Crippen molar-refractivity contribution in [2.24, 2.45) is 0 Å². The number of hydrogen-bond donors (Lipinski definition) is 0. The summed E-state index contributed by atoms with van der Waals surface area (Å²) in [6.45, 7) is 0.781.